The van der Waals surface area contributed by atoms with Crippen LogP contribution in [0.4, 0.5) is 0 Å². The van der Waals surface area contributed by atoms with Crippen molar-refractivity contribution in [2.24, 2.45) is 0 Å². The van der Waals surface area contributed by atoms with Crippen LogP contribution in [0.3, 0.4) is 0 Å². The molecule has 0 fully saturated rings. The van der Waals surface area contributed by atoms with Gasteiger partial charge in [0.15, 0.2) is 0 Å². The first-order valence-corrected chi connectivity index (χ1v) is 10.3. The second-order valence-electron chi connectivity index (χ2n) is 7.77. The second kappa shape index (κ2) is 15.4. The van der Waals surface area contributed by atoms with Gasteiger partial charge in [0, 0.05) is 0 Å². The van der Waals surface area contributed by atoms with E-state index < -0.39 is 0 Å². The minimum atomic E-state index is 0. The van der Waals surface area contributed by atoms with E-state index in [2.05, 4.69) is 79.7 Å². The normalized spacial score (nSPS) is 8.97. The maximum Gasteiger partial charge on any atom is 4.00 e. The number of hydrogen-bond donors (Lipinski definition) is 0. The third kappa shape index (κ3) is 12.8. The maximum atomic E-state index is 3.72. The summed E-state index contributed by atoms with van der Waals surface area (Å²) in [6.45, 7) is 20.3. The molecule has 4 aromatic carbocycles. The number of benzene rings is 2. The first-order chi connectivity index (χ1) is 14.2. The van der Waals surface area contributed by atoms with Crippen molar-refractivity contribution in [1.29, 1.82) is 0 Å². The molecule has 0 saturated heterocycles. The molecule has 4 rings (SSSR count). The van der Waals surface area contributed by atoms with Gasteiger partial charge in [-0.25, -0.2) is 23.3 Å². The number of aryl methyl sites for hydroxylation is 6. The van der Waals surface area contributed by atoms with Crippen LogP contribution in [0, 0.1) is 55.4 Å². The van der Waals surface area contributed by atoms with Crippen LogP contribution in [0.15, 0.2) is 84.9 Å². The zero-order valence-electron chi connectivity index (χ0n) is 20.0. The number of rotatable bonds is 0. The average molecular weight is 444 g/mol. The molecule has 0 N–H and O–H groups in total. The van der Waals surface area contributed by atoms with Gasteiger partial charge in [-0.2, -0.15) is 83.6 Å². The molecule has 0 amide bonds. The summed E-state index contributed by atoms with van der Waals surface area (Å²) < 4.78 is 0. The van der Waals surface area contributed by atoms with Gasteiger partial charge < -0.3 is 0 Å². The Bertz CT molecular complexity index is 836. The first-order valence-electron chi connectivity index (χ1n) is 10.3. The van der Waals surface area contributed by atoms with E-state index >= 15 is 0 Å². The summed E-state index contributed by atoms with van der Waals surface area (Å²) in [6.07, 6.45) is 0. The Labute approximate surface area is 206 Å². The fraction of sp³-hybridized carbons (Fsp3) is 0.200. The third-order valence-electron chi connectivity index (χ3n) is 4.71. The summed E-state index contributed by atoms with van der Waals surface area (Å²) in [7, 11) is 0. The molecule has 31 heavy (non-hydrogen) atoms. The standard InChI is InChI=1S/2C8H11.2C7H7.Ti/c2*1-6-4-7(2)8(3)5-6;2*1-7-5-3-2-4-6-7;/h2*4-5H,1-3H3;2*2-6H,1H2;/q4*-1;+4. The van der Waals surface area contributed by atoms with Crippen LogP contribution in [0.1, 0.15) is 44.5 Å². The van der Waals surface area contributed by atoms with Gasteiger partial charge in [0.1, 0.15) is 0 Å². The molecule has 0 atom stereocenters. The molecule has 0 saturated carbocycles. The largest absolute Gasteiger partial charge is 4.00 e. The minimum absolute atomic E-state index is 0. The molecule has 4 aromatic rings. The molecule has 0 unspecified atom stereocenters. The van der Waals surface area contributed by atoms with Crippen molar-refractivity contribution >= 4 is 0 Å². The molecule has 0 aliphatic heterocycles. The van der Waals surface area contributed by atoms with Crippen LogP contribution < -0.4 is 0 Å². The molecule has 0 spiro atoms. The Kier molecular flexibility index (Phi) is 14.2. The predicted molar refractivity (Wildman–Crippen MR) is 134 cm³/mol. The number of hydrogen-bond acceptors (Lipinski definition) is 0. The molecule has 0 heterocycles. The van der Waals surface area contributed by atoms with Gasteiger partial charge in [0.2, 0.25) is 0 Å². The summed E-state index contributed by atoms with van der Waals surface area (Å²) >= 11 is 0. The van der Waals surface area contributed by atoms with E-state index in [-0.39, 0.29) is 21.7 Å². The van der Waals surface area contributed by atoms with Crippen LogP contribution in [0.5, 0.6) is 0 Å². The van der Waals surface area contributed by atoms with Crippen molar-refractivity contribution in [3.8, 4) is 0 Å². The molecule has 0 aliphatic carbocycles. The summed E-state index contributed by atoms with van der Waals surface area (Å²) in [5.41, 5.74) is 10.5. The van der Waals surface area contributed by atoms with Crippen molar-refractivity contribution < 1.29 is 21.7 Å². The van der Waals surface area contributed by atoms with Crippen LogP contribution in [0.2, 0.25) is 0 Å². The Balaban J connectivity index is 0.000000384. The fourth-order valence-electron chi connectivity index (χ4n) is 2.86. The molecule has 0 nitrogen and oxygen atoms in total. The van der Waals surface area contributed by atoms with Crippen LogP contribution >= 0.6 is 0 Å². The quantitative estimate of drug-likeness (QED) is 0.189. The van der Waals surface area contributed by atoms with E-state index in [1.165, 1.54) is 33.4 Å². The summed E-state index contributed by atoms with van der Waals surface area (Å²) in [6, 6.07) is 28.6. The Hall–Kier alpha value is -2.41. The van der Waals surface area contributed by atoms with Crippen LogP contribution in [0.25, 0.3) is 0 Å². The van der Waals surface area contributed by atoms with Gasteiger partial charge in [-0.05, 0) is 0 Å². The van der Waals surface area contributed by atoms with E-state index in [0.717, 1.165) is 11.1 Å². The second-order valence-corrected chi connectivity index (χ2v) is 7.77. The van der Waals surface area contributed by atoms with Crippen molar-refractivity contribution in [2.45, 2.75) is 41.5 Å². The van der Waals surface area contributed by atoms with Gasteiger partial charge in [0.25, 0.3) is 0 Å². The van der Waals surface area contributed by atoms with Crippen molar-refractivity contribution in [3.63, 3.8) is 0 Å². The summed E-state index contributed by atoms with van der Waals surface area (Å²) in [5.74, 6) is 0. The van der Waals surface area contributed by atoms with E-state index in [4.69, 9.17) is 0 Å². The van der Waals surface area contributed by atoms with Gasteiger partial charge in [-0.3, -0.25) is 0 Å². The first kappa shape index (κ1) is 28.6. The van der Waals surface area contributed by atoms with Crippen molar-refractivity contribution in [2.75, 3.05) is 0 Å². The maximum absolute atomic E-state index is 3.72. The van der Waals surface area contributed by atoms with Crippen molar-refractivity contribution in [3.05, 3.63) is 143 Å². The predicted octanol–water partition coefficient (Wildman–Crippen LogP) is 8.40. The van der Waals surface area contributed by atoms with Crippen LogP contribution in [-0.4, -0.2) is 0 Å². The van der Waals surface area contributed by atoms with Gasteiger partial charge in [0.05, 0.1) is 0 Å². The Morgan fingerprint density at radius 2 is 0.839 bits per heavy atom. The van der Waals surface area contributed by atoms with E-state index in [9.17, 15) is 0 Å². The SMILES string of the molecule is Cc1cc(C)[c-](C)c1.Cc1cc(C)[c-](C)c1.[CH2-]c1ccccc1.[CH2-]c1ccccc1.[Ti+4]. The Morgan fingerprint density at radius 1 is 0.548 bits per heavy atom. The smallest absolute Gasteiger partial charge is 0.208 e. The molecular formula is C30H36Ti. The van der Waals surface area contributed by atoms with Gasteiger partial charge >= 0.3 is 21.7 Å². The molecule has 0 radical (unpaired) electrons. The molecule has 0 bridgehead atoms. The third-order valence-corrected chi connectivity index (χ3v) is 4.71. The monoisotopic (exact) mass is 444 g/mol. The van der Waals surface area contributed by atoms with E-state index in [0.29, 0.717) is 0 Å². The topological polar surface area (TPSA) is 0 Å². The zero-order chi connectivity index (χ0) is 22.5. The van der Waals surface area contributed by atoms with Crippen LogP contribution in [-0.2, 0) is 21.7 Å². The molecule has 0 aromatic heterocycles. The Morgan fingerprint density at radius 3 is 0.935 bits per heavy atom. The molecule has 0 aliphatic rings. The average Bonchev–Trinajstić information content (AvgIpc) is 3.15. The molecule has 1 heteroatoms. The zero-order valence-corrected chi connectivity index (χ0v) is 21.6. The van der Waals surface area contributed by atoms with E-state index in [1.807, 2.05) is 60.7 Å². The summed E-state index contributed by atoms with van der Waals surface area (Å²) in [5, 5.41) is 0. The van der Waals surface area contributed by atoms with E-state index in [1.54, 1.807) is 0 Å². The molecular weight excluding hydrogens is 408 g/mol. The van der Waals surface area contributed by atoms with Crippen molar-refractivity contribution in [1.82, 2.24) is 0 Å². The fourth-order valence-corrected chi connectivity index (χ4v) is 2.86. The minimum Gasteiger partial charge on any atom is -0.208 e. The summed E-state index contributed by atoms with van der Waals surface area (Å²) in [4.78, 5) is 0. The van der Waals surface area contributed by atoms with Gasteiger partial charge in [-0.1, -0.05) is 53.7 Å². The molecule has 160 valence electrons. The van der Waals surface area contributed by atoms with Gasteiger partial charge in [-0.15, -0.1) is 24.3 Å².